The summed E-state index contributed by atoms with van der Waals surface area (Å²) in [5, 5.41) is 0. The highest BCUT2D eigenvalue weighted by Gasteiger charge is 2.19. The smallest absolute Gasteiger partial charge is 0.0941 e. The zero-order valence-electron chi connectivity index (χ0n) is 6.55. The second kappa shape index (κ2) is 3.91. The van der Waals surface area contributed by atoms with Gasteiger partial charge in [0.1, 0.15) is 0 Å². The third kappa shape index (κ3) is 1.94. The van der Waals surface area contributed by atoms with Crippen molar-refractivity contribution in [3.8, 4) is 0 Å². The molecule has 3 nitrogen and oxygen atoms in total. The highest BCUT2D eigenvalue weighted by Crippen LogP contribution is 2.14. The number of rotatable bonds is 3. The van der Waals surface area contributed by atoms with Crippen molar-refractivity contribution in [3.05, 3.63) is 0 Å². The van der Waals surface area contributed by atoms with E-state index in [-0.39, 0.29) is 0 Å². The summed E-state index contributed by atoms with van der Waals surface area (Å²) in [5.74, 6) is 0. The monoisotopic (exact) mass is 144 g/mol. The average Bonchev–Trinajstić information content (AvgIpc) is 2.31. The van der Waals surface area contributed by atoms with Crippen LogP contribution in [0.5, 0.6) is 0 Å². The zero-order chi connectivity index (χ0) is 7.40. The summed E-state index contributed by atoms with van der Waals surface area (Å²) in [7, 11) is 2.14. The first-order chi connectivity index (χ1) is 4.84. The Morgan fingerprint density at radius 2 is 2.50 bits per heavy atom. The van der Waals surface area contributed by atoms with Crippen molar-refractivity contribution >= 4 is 0 Å². The van der Waals surface area contributed by atoms with Gasteiger partial charge >= 0.3 is 0 Å². The molecule has 0 saturated carbocycles. The number of ether oxygens (including phenoxy) is 1. The van der Waals surface area contributed by atoms with Gasteiger partial charge in [-0.05, 0) is 26.4 Å². The van der Waals surface area contributed by atoms with E-state index in [9.17, 15) is 0 Å². The van der Waals surface area contributed by atoms with Gasteiger partial charge in [-0.25, -0.2) is 0 Å². The maximum atomic E-state index is 5.21. The van der Waals surface area contributed by atoms with Gasteiger partial charge in [-0.1, -0.05) is 0 Å². The summed E-state index contributed by atoms with van der Waals surface area (Å²) in [5.41, 5.74) is 5.21. The van der Waals surface area contributed by atoms with Crippen molar-refractivity contribution in [1.29, 1.82) is 0 Å². The van der Waals surface area contributed by atoms with E-state index in [0.717, 1.165) is 6.61 Å². The quantitative estimate of drug-likeness (QED) is 0.567. The maximum Gasteiger partial charge on any atom is 0.0941 e. The van der Waals surface area contributed by atoms with Crippen LogP contribution in [0.25, 0.3) is 0 Å². The van der Waals surface area contributed by atoms with Gasteiger partial charge in [0.05, 0.1) is 13.3 Å². The van der Waals surface area contributed by atoms with E-state index in [4.69, 9.17) is 10.5 Å². The number of nitrogens with two attached hydrogens (primary N) is 1. The molecule has 0 unspecified atom stereocenters. The molecule has 60 valence electrons. The minimum absolute atomic E-state index is 0.352. The molecule has 0 aromatic heterocycles. The van der Waals surface area contributed by atoms with Gasteiger partial charge < -0.3 is 15.4 Å². The molecule has 1 heterocycles. The fraction of sp³-hybridized carbons (Fsp3) is 1.00. The van der Waals surface area contributed by atoms with Crippen molar-refractivity contribution in [2.75, 3.05) is 26.9 Å². The molecule has 3 heteroatoms. The van der Waals surface area contributed by atoms with E-state index >= 15 is 0 Å². The van der Waals surface area contributed by atoms with Crippen molar-refractivity contribution in [1.82, 2.24) is 4.90 Å². The molecule has 0 amide bonds. The fourth-order valence-corrected chi connectivity index (χ4v) is 1.39. The van der Waals surface area contributed by atoms with Crippen LogP contribution in [0, 0.1) is 0 Å². The Labute approximate surface area is 62.1 Å². The molecule has 0 aliphatic carbocycles. The molecule has 0 aromatic rings. The van der Waals surface area contributed by atoms with Crippen LogP contribution in [0.4, 0.5) is 0 Å². The first kappa shape index (κ1) is 7.98. The van der Waals surface area contributed by atoms with Gasteiger partial charge in [0, 0.05) is 6.04 Å². The van der Waals surface area contributed by atoms with Gasteiger partial charge in [0.2, 0.25) is 0 Å². The fourth-order valence-electron chi connectivity index (χ4n) is 1.39. The van der Waals surface area contributed by atoms with Crippen LogP contribution in [0.3, 0.4) is 0 Å². The average molecular weight is 144 g/mol. The van der Waals surface area contributed by atoms with Gasteiger partial charge in [-0.2, -0.15) is 0 Å². The number of nitrogens with zero attached hydrogens (tertiary/aromatic N) is 1. The molecule has 0 aromatic carbocycles. The molecule has 0 bridgehead atoms. The number of hydrogen-bond donors (Lipinski definition) is 1. The highest BCUT2D eigenvalue weighted by molar-refractivity contribution is 4.75. The summed E-state index contributed by atoms with van der Waals surface area (Å²) in [6.07, 6.45) is 2.56. The van der Waals surface area contributed by atoms with E-state index < -0.39 is 0 Å². The summed E-state index contributed by atoms with van der Waals surface area (Å²) >= 11 is 0. The molecule has 0 radical (unpaired) electrons. The molecule has 10 heavy (non-hydrogen) atoms. The lowest BCUT2D eigenvalue weighted by molar-refractivity contribution is 0.0904. The standard InChI is InChI=1S/C7H16N2O/c1-9-4-2-3-7(9)5-10-6-8/h7H,2-6,8H2,1H3/t7-/m0/s1. The van der Waals surface area contributed by atoms with Crippen LogP contribution < -0.4 is 5.73 Å². The van der Waals surface area contributed by atoms with Crippen molar-refractivity contribution in [2.24, 2.45) is 5.73 Å². The topological polar surface area (TPSA) is 38.5 Å². The van der Waals surface area contributed by atoms with Crippen LogP contribution in [-0.2, 0) is 4.74 Å². The molecule has 1 saturated heterocycles. The Morgan fingerprint density at radius 3 is 3.00 bits per heavy atom. The minimum atomic E-state index is 0.352. The molecule has 0 spiro atoms. The molecule has 1 aliphatic heterocycles. The second-order valence-corrected chi connectivity index (χ2v) is 2.81. The first-order valence-electron chi connectivity index (χ1n) is 3.82. The summed E-state index contributed by atoms with van der Waals surface area (Å²) in [6.45, 7) is 2.36. The summed E-state index contributed by atoms with van der Waals surface area (Å²) in [4.78, 5) is 2.33. The lowest BCUT2D eigenvalue weighted by Crippen LogP contribution is -2.30. The van der Waals surface area contributed by atoms with E-state index in [1.807, 2.05) is 0 Å². The van der Waals surface area contributed by atoms with E-state index in [1.165, 1.54) is 19.4 Å². The van der Waals surface area contributed by atoms with Crippen molar-refractivity contribution < 1.29 is 4.74 Å². The van der Waals surface area contributed by atoms with Gasteiger partial charge in [0.25, 0.3) is 0 Å². The Morgan fingerprint density at radius 1 is 1.70 bits per heavy atom. The predicted octanol–water partition coefficient (Wildman–Crippen LogP) is 0.0134. The lowest BCUT2D eigenvalue weighted by Gasteiger charge is -2.18. The molecule has 2 N–H and O–H groups in total. The summed E-state index contributed by atoms with van der Waals surface area (Å²) < 4.78 is 5.12. The van der Waals surface area contributed by atoms with Gasteiger partial charge in [0.15, 0.2) is 0 Å². The molecule has 1 rings (SSSR count). The third-order valence-corrected chi connectivity index (χ3v) is 2.10. The number of hydrogen-bond acceptors (Lipinski definition) is 3. The third-order valence-electron chi connectivity index (χ3n) is 2.10. The summed E-state index contributed by atoms with van der Waals surface area (Å²) in [6, 6.07) is 0.614. The van der Waals surface area contributed by atoms with Crippen molar-refractivity contribution in [3.63, 3.8) is 0 Å². The van der Waals surface area contributed by atoms with Gasteiger partial charge in [-0.3, -0.25) is 0 Å². The van der Waals surface area contributed by atoms with Crippen LogP contribution in [0.2, 0.25) is 0 Å². The van der Waals surface area contributed by atoms with E-state index in [2.05, 4.69) is 11.9 Å². The van der Waals surface area contributed by atoms with Gasteiger partial charge in [-0.15, -0.1) is 0 Å². The zero-order valence-corrected chi connectivity index (χ0v) is 6.55. The Hall–Kier alpha value is -0.120. The van der Waals surface area contributed by atoms with Crippen molar-refractivity contribution in [2.45, 2.75) is 18.9 Å². The first-order valence-corrected chi connectivity index (χ1v) is 3.82. The maximum absolute atomic E-state index is 5.21. The van der Waals surface area contributed by atoms with E-state index in [1.54, 1.807) is 0 Å². The molecule has 1 atom stereocenters. The highest BCUT2D eigenvalue weighted by atomic mass is 16.5. The molecular formula is C7H16N2O. The second-order valence-electron chi connectivity index (χ2n) is 2.81. The Bertz CT molecular complexity index is 97.6. The lowest BCUT2D eigenvalue weighted by atomic mass is 10.2. The minimum Gasteiger partial charge on any atom is -0.365 e. The van der Waals surface area contributed by atoms with E-state index in [0.29, 0.717) is 12.8 Å². The Balaban J connectivity index is 2.14. The normalized spacial score (nSPS) is 27.6. The predicted molar refractivity (Wildman–Crippen MR) is 40.7 cm³/mol. The Kier molecular flexibility index (Phi) is 3.12. The molecule has 1 fully saturated rings. The van der Waals surface area contributed by atoms with Crippen LogP contribution >= 0.6 is 0 Å². The van der Waals surface area contributed by atoms with Crippen LogP contribution in [-0.4, -0.2) is 37.9 Å². The molecular weight excluding hydrogens is 128 g/mol. The largest absolute Gasteiger partial charge is 0.365 e. The number of likely N-dealkylation sites (tertiary alicyclic amines) is 1. The SMILES string of the molecule is CN1CCC[C@H]1COCN. The number of likely N-dealkylation sites (N-methyl/N-ethyl adjacent to an activating group) is 1. The van der Waals surface area contributed by atoms with Crippen LogP contribution in [0.1, 0.15) is 12.8 Å². The molecule has 1 aliphatic rings. The van der Waals surface area contributed by atoms with Crippen LogP contribution in [0.15, 0.2) is 0 Å².